The fraction of sp³-hybridized carbons (Fsp3) is 0.368. The lowest BCUT2D eigenvalue weighted by atomic mass is 9.89. The predicted molar refractivity (Wildman–Crippen MR) is 92.6 cm³/mol. The van der Waals surface area contributed by atoms with Crippen LogP contribution >= 0.6 is 0 Å². The van der Waals surface area contributed by atoms with Gasteiger partial charge in [0.15, 0.2) is 11.5 Å². The Morgan fingerprint density at radius 2 is 1.50 bits per heavy atom. The maximum absolute atomic E-state index is 5.58. The van der Waals surface area contributed by atoms with Crippen LogP contribution in [0.5, 0.6) is 23.0 Å². The van der Waals surface area contributed by atoms with Crippen LogP contribution < -0.4 is 24.3 Å². The van der Waals surface area contributed by atoms with E-state index in [0.29, 0.717) is 0 Å². The van der Waals surface area contributed by atoms with Gasteiger partial charge in [0, 0.05) is 18.2 Å². The molecule has 0 saturated carbocycles. The van der Waals surface area contributed by atoms with Crippen LogP contribution in [0.3, 0.4) is 0 Å². The normalized spacial score (nSPS) is 16.2. The molecule has 1 aliphatic rings. The number of ether oxygens (including phenoxy) is 4. The summed E-state index contributed by atoms with van der Waals surface area (Å²) in [5.41, 5.74) is 3.52. The number of nitrogens with one attached hydrogen (secondary N) is 1. The number of rotatable bonds is 5. The minimum atomic E-state index is 0.0365. The molecule has 1 aliphatic heterocycles. The minimum absolute atomic E-state index is 0.0365. The molecule has 0 amide bonds. The summed E-state index contributed by atoms with van der Waals surface area (Å²) in [5.74, 6) is 3.07. The van der Waals surface area contributed by atoms with E-state index in [-0.39, 0.29) is 6.04 Å². The third kappa shape index (κ3) is 2.87. The molecule has 5 nitrogen and oxygen atoms in total. The van der Waals surface area contributed by atoms with Crippen LogP contribution in [0.1, 0.15) is 22.7 Å². The van der Waals surface area contributed by atoms with Gasteiger partial charge in [0.1, 0.15) is 11.5 Å². The quantitative estimate of drug-likeness (QED) is 0.914. The van der Waals surface area contributed by atoms with Crippen molar-refractivity contribution in [1.82, 2.24) is 5.32 Å². The monoisotopic (exact) mass is 329 g/mol. The average molecular weight is 329 g/mol. The van der Waals surface area contributed by atoms with E-state index < -0.39 is 0 Å². The molecule has 0 spiro atoms. The SMILES string of the molecule is COc1ccc(C2NCCc3cc(OC)c(OC)cc32)c(OC)c1. The molecule has 1 N–H and O–H groups in total. The highest BCUT2D eigenvalue weighted by atomic mass is 16.5. The van der Waals surface area contributed by atoms with E-state index >= 15 is 0 Å². The third-order valence-electron chi connectivity index (χ3n) is 4.45. The van der Waals surface area contributed by atoms with Gasteiger partial charge in [-0.1, -0.05) is 0 Å². The first-order chi connectivity index (χ1) is 11.7. The van der Waals surface area contributed by atoms with Gasteiger partial charge >= 0.3 is 0 Å². The molecule has 2 aromatic rings. The van der Waals surface area contributed by atoms with Crippen molar-refractivity contribution < 1.29 is 18.9 Å². The molecule has 0 saturated heterocycles. The van der Waals surface area contributed by atoms with E-state index in [1.165, 1.54) is 11.1 Å². The highest BCUT2D eigenvalue weighted by Gasteiger charge is 2.26. The summed E-state index contributed by atoms with van der Waals surface area (Å²) < 4.78 is 21.8. The Morgan fingerprint density at radius 3 is 2.17 bits per heavy atom. The Kier molecular flexibility index (Phi) is 4.81. The van der Waals surface area contributed by atoms with Gasteiger partial charge < -0.3 is 24.3 Å². The molecule has 1 unspecified atom stereocenters. The standard InChI is InChI=1S/C19H23NO4/c1-21-13-5-6-14(16(10-13)22-2)19-15-11-18(24-4)17(23-3)9-12(15)7-8-20-19/h5-6,9-11,19-20H,7-8H2,1-4H3. The minimum Gasteiger partial charge on any atom is -0.497 e. The van der Waals surface area contributed by atoms with Crippen molar-refractivity contribution in [2.24, 2.45) is 0 Å². The molecule has 0 fully saturated rings. The van der Waals surface area contributed by atoms with Crippen LogP contribution in [0.25, 0.3) is 0 Å². The summed E-state index contributed by atoms with van der Waals surface area (Å²) in [4.78, 5) is 0. The summed E-state index contributed by atoms with van der Waals surface area (Å²) in [6, 6.07) is 10.1. The van der Waals surface area contributed by atoms with Crippen LogP contribution in [0, 0.1) is 0 Å². The first-order valence-corrected chi connectivity index (χ1v) is 7.92. The second-order valence-electron chi connectivity index (χ2n) is 5.65. The Hall–Kier alpha value is -2.40. The van der Waals surface area contributed by atoms with E-state index in [4.69, 9.17) is 18.9 Å². The molecule has 1 atom stereocenters. The van der Waals surface area contributed by atoms with E-state index in [1.54, 1.807) is 28.4 Å². The van der Waals surface area contributed by atoms with Crippen molar-refractivity contribution in [3.8, 4) is 23.0 Å². The summed E-state index contributed by atoms with van der Waals surface area (Å²) in [7, 11) is 6.65. The second kappa shape index (κ2) is 7.01. The molecular weight excluding hydrogens is 306 g/mol. The van der Waals surface area contributed by atoms with Crippen LogP contribution in [0.15, 0.2) is 30.3 Å². The molecule has 1 heterocycles. The molecule has 5 heteroatoms. The van der Waals surface area contributed by atoms with Crippen molar-refractivity contribution in [3.63, 3.8) is 0 Å². The smallest absolute Gasteiger partial charge is 0.161 e. The summed E-state index contributed by atoms with van der Waals surface area (Å²) in [6.07, 6.45) is 0.949. The Bertz CT molecular complexity index is 730. The lowest BCUT2D eigenvalue weighted by molar-refractivity contribution is 0.352. The van der Waals surface area contributed by atoms with Gasteiger partial charge in [-0.25, -0.2) is 0 Å². The molecule has 0 aromatic heterocycles. The van der Waals surface area contributed by atoms with Crippen molar-refractivity contribution in [2.75, 3.05) is 35.0 Å². The maximum atomic E-state index is 5.58. The van der Waals surface area contributed by atoms with Crippen molar-refractivity contribution in [1.29, 1.82) is 0 Å². The Morgan fingerprint density at radius 1 is 0.792 bits per heavy atom. The van der Waals surface area contributed by atoms with Crippen molar-refractivity contribution >= 4 is 0 Å². The number of methoxy groups -OCH3 is 4. The van der Waals surface area contributed by atoms with Gasteiger partial charge in [0.25, 0.3) is 0 Å². The first kappa shape index (κ1) is 16.5. The number of fused-ring (bicyclic) bond motifs is 1. The van der Waals surface area contributed by atoms with Crippen LogP contribution in [0.4, 0.5) is 0 Å². The average Bonchev–Trinajstić information content (AvgIpc) is 2.65. The topological polar surface area (TPSA) is 49.0 Å². The molecular formula is C19H23NO4. The zero-order valence-electron chi connectivity index (χ0n) is 14.5. The fourth-order valence-corrected chi connectivity index (χ4v) is 3.22. The second-order valence-corrected chi connectivity index (χ2v) is 5.65. The highest BCUT2D eigenvalue weighted by molar-refractivity contribution is 5.54. The number of hydrogen-bond donors (Lipinski definition) is 1. The molecule has 0 radical (unpaired) electrons. The zero-order valence-corrected chi connectivity index (χ0v) is 14.5. The molecule has 0 bridgehead atoms. The molecule has 128 valence electrons. The maximum Gasteiger partial charge on any atom is 0.161 e. The van der Waals surface area contributed by atoms with Gasteiger partial charge in [-0.2, -0.15) is 0 Å². The number of hydrogen-bond acceptors (Lipinski definition) is 5. The third-order valence-corrected chi connectivity index (χ3v) is 4.45. The summed E-state index contributed by atoms with van der Waals surface area (Å²) >= 11 is 0. The van der Waals surface area contributed by atoms with Gasteiger partial charge in [0.2, 0.25) is 0 Å². The Balaban J connectivity index is 2.09. The van der Waals surface area contributed by atoms with Gasteiger partial charge in [-0.15, -0.1) is 0 Å². The lowest BCUT2D eigenvalue weighted by Gasteiger charge is -2.29. The Labute approximate surface area is 142 Å². The number of benzene rings is 2. The zero-order chi connectivity index (χ0) is 17.1. The van der Waals surface area contributed by atoms with E-state index in [0.717, 1.165) is 41.5 Å². The lowest BCUT2D eigenvalue weighted by Crippen LogP contribution is -2.31. The van der Waals surface area contributed by atoms with E-state index in [9.17, 15) is 0 Å². The fourth-order valence-electron chi connectivity index (χ4n) is 3.22. The molecule has 2 aromatic carbocycles. The summed E-state index contributed by atoms with van der Waals surface area (Å²) in [6.45, 7) is 0.891. The van der Waals surface area contributed by atoms with Crippen LogP contribution in [-0.4, -0.2) is 35.0 Å². The molecule has 3 rings (SSSR count). The first-order valence-electron chi connectivity index (χ1n) is 7.92. The molecule has 24 heavy (non-hydrogen) atoms. The van der Waals surface area contributed by atoms with Crippen molar-refractivity contribution in [3.05, 3.63) is 47.0 Å². The largest absolute Gasteiger partial charge is 0.497 e. The summed E-state index contributed by atoms with van der Waals surface area (Å²) in [5, 5.41) is 3.58. The highest BCUT2D eigenvalue weighted by Crippen LogP contribution is 2.40. The van der Waals surface area contributed by atoms with Crippen LogP contribution in [0.2, 0.25) is 0 Å². The predicted octanol–water partition coefficient (Wildman–Crippen LogP) is 2.96. The van der Waals surface area contributed by atoms with Gasteiger partial charge in [0.05, 0.1) is 34.5 Å². The van der Waals surface area contributed by atoms with Gasteiger partial charge in [-0.05, 0) is 41.8 Å². The van der Waals surface area contributed by atoms with E-state index in [2.05, 4.69) is 17.4 Å². The van der Waals surface area contributed by atoms with Crippen molar-refractivity contribution in [2.45, 2.75) is 12.5 Å². The van der Waals surface area contributed by atoms with Gasteiger partial charge in [-0.3, -0.25) is 0 Å². The molecule has 0 aliphatic carbocycles. The van der Waals surface area contributed by atoms with E-state index in [1.807, 2.05) is 18.2 Å². The van der Waals surface area contributed by atoms with Crippen LogP contribution in [-0.2, 0) is 6.42 Å².